The molecule has 3 rings (SSSR count). The molecule has 3 heterocycles. The molecule has 0 fully saturated rings. The van der Waals surface area contributed by atoms with Gasteiger partial charge in [0.2, 0.25) is 0 Å². The van der Waals surface area contributed by atoms with E-state index in [1.54, 1.807) is 17.1 Å². The summed E-state index contributed by atoms with van der Waals surface area (Å²) in [5.74, 6) is 0.165. The first-order valence-electron chi connectivity index (χ1n) is 8.35. The van der Waals surface area contributed by atoms with Crippen LogP contribution in [-0.4, -0.2) is 29.8 Å². The number of carbonyl (C=O) groups excluding carboxylic acids is 1. The summed E-state index contributed by atoms with van der Waals surface area (Å²) in [7, 11) is 2.82. The number of hydrogen-bond donors (Lipinski definition) is 1. The molecule has 1 unspecified atom stereocenters. The maximum Gasteiger partial charge on any atom is 0.331 e. The van der Waals surface area contributed by atoms with Crippen LogP contribution in [0.4, 0.5) is 0 Å². The molecule has 1 atom stereocenters. The van der Waals surface area contributed by atoms with Gasteiger partial charge in [0, 0.05) is 37.6 Å². The first-order valence-corrected chi connectivity index (χ1v) is 8.35. The van der Waals surface area contributed by atoms with Gasteiger partial charge in [-0.05, 0) is 26.0 Å². The van der Waals surface area contributed by atoms with Crippen molar-refractivity contribution in [1.82, 2.24) is 29.2 Å². The van der Waals surface area contributed by atoms with E-state index in [9.17, 15) is 14.4 Å². The van der Waals surface area contributed by atoms with E-state index in [1.807, 2.05) is 32.0 Å². The molecule has 3 aromatic heterocycles. The van der Waals surface area contributed by atoms with E-state index >= 15 is 0 Å². The van der Waals surface area contributed by atoms with Gasteiger partial charge in [0.05, 0.1) is 12.2 Å². The largest absolute Gasteiger partial charge is 0.344 e. The molecule has 0 saturated heterocycles. The Kier molecular flexibility index (Phi) is 4.76. The van der Waals surface area contributed by atoms with E-state index in [0.717, 1.165) is 26.5 Å². The Bertz CT molecular complexity index is 1110. The summed E-state index contributed by atoms with van der Waals surface area (Å²) in [6.45, 7) is 3.69. The first kappa shape index (κ1) is 18.3. The first-order chi connectivity index (χ1) is 12.8. The van der Waals surface area contributed by atoms with Gasteiger partial charge in [0.15, 0.2) is 5.82 Å². The summed E-state index contributed by atoms with van der Waals surface area (Å²) in [6, 6.07) is 6.29. The zero-order valence-electron chi connectivity index (χ0n) is 15.5. The van der Waals surface area contributed by atoms with Crippen LogP contribution in [0.15, 0.2) is 46.2 Å². The summed E-state index contributed by atoms with van der Waals surface area (Å²) in [6.07, 6.45) is 3.34. The van der Waals surface area contributed by atoms with Crippen LogP contribution in [0.25, 0.3) is 5.82 Å². The van der Waals surface area contributed by atoms with Crippen molar-refractivity contribution in [1.29, 1.82) is 0 Å². The fourth-order valence-electron chi connectivity index (χ4n) is 2.86. The maximum absolute atomic E-state index is 12.6. The molecule has 0 aliphatic rings. The summed E-state index contributed by atoms with van der Waals surface area (Å²) in [5.41, 5.74) is 0.557. The average molecular weight is 368 g/mol. The molecule has 27 heavy (non-hydrogen) atoms. The lowest BCUT2D eigenvalue weighted by atomic mass is 10.1. The fraction of sp³-hybridized carbons (Fsp3) is 0.278. The third-order valence-corrected chi connectivity index (χ3v) is 4.49. The van der Waals surface area contributed by atoms with Crippen LogP contribution >= 0.6 is 0 Å². The molecule has 0 aliphatic carbocycles. The van der Waals surface area contributed by atoms with Crippen LogP contribution in [0.5, 0.6) is 0 Å². The number of hydrogen-bond acceptors (Lipinski definition) is 5. The van der Waals surface area contributed by atoms with Crippen molar-refractivity contribution in [2.24, 2.45) is 14.1 Å². The van der Waals surface area contributed by atoms with Crippen molar-refractivity contribution in [3.63, 3.8) is 0 Å². The summed E-state index contributed by atoms with van der Waals surface area (Å²) >= 11 is 0. The molecule has 0 aromatic carbocycles. The number of nitrogens with zero attached hydrogens (tertiary/aromatic N) is 5. The second-order valence-corrected chi connectivity index (χ2v) is 6.25. The van der Waals surface area contributed by atoms with Crippen molar-refractivity contribution in [3.8, 4) is 5.82 Å². The quantitative estimate of drug-likeness (QED) is 0.721. The molecule has 0 saturated carbocycles. The Morgan fingerprint density at radius 3 is 2.59 bits per heavy atom. The van der Waals surface area contributed by atoms with Gasteiger partial charge in [-0.2, -0.15) is 5.10 Å². The van der Waals surface area contributed by atoms with Crippen LogP contribution < -0.4 is 16.6 Å². The molecule has 0 bridgehead atoms. The van der Waals surface area contributed by atoms with Crippen molar-refractivity contribution >= 4 is 5.91 Å². The van der Waals surface area contributed by atoms with Gasteiger partial charge in [-0.15, -0.1) is 0 Å². The highest BCUT2D eigenvalue weighted by atomic mass is 16.2. The average Bonchev–Trinajstić information content (AvgIpc) is 3.05. The summed E-state index contributed by atoms with van der Waals surface area (Å²) in [4.78, 5) is 40.7. The van der Waals surface area contributed by atoms with Crippen molar-refractivity contribution in [2.75, 3.05) is 0 Å². The zero-order chi connectivity index (χ0) is 19.7. The van der Waals surface area contributed by atoms with Crippen LogP contribution in [0.3, 0.4) is 0 Å². The molecule has 1 amide bonds. The predicted octanol–water partition coefficient (Wildman–Crippen LogP) is 0.464. The zero-order valence-corrected chi connectivity index (χ0v) is 15.5. The molecule has 1 N–H and O–H groups in total. The van der Waals surface area contributed by atoms with E-state index in [4.69, 9.17) is 0 Å². The topological polar surface area (TPSA) is 104 Å². The highest BCUT2D eigenvalue weighted by molar-refractivity contribution is 5.92. The van der Waals surface area contributed by atoms with Gasteiger partial charge in [-0.25, -0.2) is 14.5 Å². The third kappa shape index (κ3) is 3.31. The number of pyridine rings is 1. The van der Waals surface area contributed by atoms with Gasteiger partial charge in [-0.3, -0.25) is 18.7 Å². The predicted molar refractivity (Wildman–Crippen MR) is 98.9 cm³/mol. The molecule has 9 heteroatoms. The number of amides is 1. The van der Waals surface area contributed by atoms with Gasteiger partial charge in [-0.1, -0.05) is 6.07 Å². The fourth-order valence-corrected chi connectivity index (χ4v) is 2.86. The number of nitrogens with one attached hydrogen (secondary N) is 1. The third-order valence-electron chi connectivity index (χ3n) is 4.49. The van der Waals surface area contributed by atoms with Crippen molar-refractivity contribution in [2.45, 2.75) is 19.9 Å². The Balaban J connectivity index is 1.88. The second kappa shape index (κ2) is 7.02. The Labute approximate surface area is 154 Å². The monoisotopic (exact) mass is 368 g/mol. The Hall–Kier alpha value is -3.49. The number of rotatable bonds is 4. The normalized spacial score (nSPS) is 12.0. The highest BCUT2D eigenvalue weighted by Crippen LogP contribution is 2.19. The minimum atomic E-state index is -0.556. The highest BCUT2D eigenvalue weighted by Gasteiger charge is 2.20. The van der Waals surface area contributed by atoms with Crippen LogP contribution in [0, 0.1) is 6.92 Å². The van der Waals surface area contributed by atoms with E-state index in [-0.39, 0.29) is 11.7 Å². The standard InChI is InChI=1S/C18H20N6O3/c1-11(13-10-20-24(12(13)2)15-7-5-6-8-19-15)21-17(26)14-9-16(25)23(4)18(27)22(14)3/h5-11H,1-4H3,(H,21,26). The second-order valence-electron chi connectivity index (χ2n) is 6.25. The van der Waals surface area contributed by atoms with E-state index in [2.05, 4.69) is 15.4 Å². The van der Waals surface area contributed by atoms with E-state index < -0.39 is 17.2 Å². The van der Waals surface area contributed by atoms with Gasteiger partial charge in [0.25, 0.3) is 11.5 Å². The molecule has 9 nitrogen and oxygen atoms in total. The molecule has 0 aliphatic heterocycles. The van der Waals surface area contributed by atoms with Gasteiger partial charge in [0.1, 0.15) is 5.69 Å². The summed E-state index contributed by atoms with van der Waals surface area (Å²) < 4.78 is 3.78. The molecule has 0 radical (unpaired) electrons. The van der Waals surface area contributed by atoms with Gasteiger partial charge < -0.3 is 5.32 Å². The Morgan fingerprint density at radius 1 is 1.19 bits per heavy atom. The van der Waals surface area contributed by atoms with E-state index in [1.165, 1.54) is 14.1 Å². The lowest BCUT2D eigenvalue weighted by Crippen LogP contribution is -2.41. The molecular formula is C18H20N6O3. The lowest BCUT2D eigenvalue weighted by Gasteiger charge is -2.15. The van der Waals surface area contributed by atoms with Crippen LogP contribution in [-0.2, 0) is 14.1 Å². The van der Waals surface area contributed by atoms with Crippen LogP contribution in [0.1, 0.15) is 34.7 Å². The number of carbonyl (C=O) groups is 1. The molecular weight excluding hydrogens is 348 g/mol. The SMILES string of the molecule is Cc1c(C(C)NC(=O)c2cc(=O)n(C)c(=O)n2C)cnn1-c1ccccn1. The van der Waals surface area contributed by atoms with Crippen molar-refractivity contribution in [3.05, 3.63) is 74.4 Å². The minimum absolute atomic E-state index is 0.00437. The maximum atomic E-state index is 12.6. The smallest absolute Gasteiger partial charge is 0.331 e. The van der Waals surface area contributed by atoms with E-state index in [0.29, 0.717) is 5.82 Å². The molecule has 0 spiro atoms. The Morgan fingerprint density at radius 2 is 1.93 bits per heavy atom. The van der Waals surface area contributed by atoms with Crippen molar-refractivity contribution < 1.29 is 4.79 Å². The number of aromatic nitrogens is 5. The lowest BCUT2D eigenvalue weighted by molar-refractivity contribution is 0.0929. The summed E-state index contributed by atoms with van der Waals surface area (Å²) in [5, 5.41) is 7.15. The minimum Gasteiger partial charge on any atom is -0.344 e. The van der Waals surface area contributed by atoms with Crippen LogP contribution in [0.2, 0.25) is 0 Å². The van der Waals surface area contributed by atoms with Gasteiger partial charge >= 0.3 is 5.69 Å². The molecule has 140 valence electrons. The molecule has 3 aromatic rings.